The number of aryl methyl sites for hydroxylation is 2. The maximum Gasteiger partial charge on any atom is 0.103 e. The second-order valence-electron chi connectivity index (χ2n) is 4.96. The van der Waals surface area contributed by atoms with Crippen LogP contribution in [0, 0.1) is 13.8 Å². The van der Waals surface area contributed by atoms with E-state index in [0.29, 0.717) is 0 Å². The van der Waals surface area contributed by atoms with Crippen molar-refractivity contribution in [3.05, 3.63) is 71.8 Å². The van der Waals surface area contributed by atoms with Crippen molar-refractivity contribution in [3.63, 3.8) is 0 Å². The molecule has 0 aliphatic heterocycles. The molecule has 0 spiro atoms. The van der Waals surface area contributed by atoms with Gasteiger partial charge in [0.1, 0.15) is 5.84 Å². The van der Waals surface area contributed by atoms with Crippen molar-refractivity contribution in [1.29, 1.82) is 0 Å². The van der Waals surface area contributed by atoms with Crippen LogP contribution < -0.4 is 5.32 Å². The summed E-state index contributed by atoms with van der Waals surface area (Å²) in [6.07, 6.45) is 0. The SMILES string of the molecule is C=C(NC(C)=Nc1ccc(C)cc1C)c1ccccc1. The van der Waals surface area contributed by atoms with Gasteiger partial charge >= 0.3 is 0 Å². The maximum atomic E-state index is 4.61. The molecule has 0 amide bonds. The summed E-state index contributed by atoms with van der Waals surface area (Å²) < 4.78 is 0. The van der Waals surface area contributed by atoms with Crippen molar-refractivity contribution >= 4 is 17.2 Å². The summed E-state index contributed by atoms with van der Waals surface area (Å²) in [4.78, 5) is 4.61. The number of aliphatic imine (C=N–C) groups is 1. The smallest absolute Gasteiger partial charge is 0.103 e. The van der Waals surface area contributed by atoms with Gasteiger partial charge in [0, 0.05) is 5.70 Å². The number of nitrogens with one attached hydrogen (secondary N) is 1. The molecule has 0 fully saturated rings. The zero-order chi connectivity index (χ0) is 14.5. The molecule has 0 aromatic heterocycles. The Morgan fingerprint density at radius 1 is 1.05 bits per heavy atom. The van der Waals surface area contributed by atoms with Crippen LogP contribution in [0.1, 0.15) is 23.6 Å². The van der Waals surface area contributed by atoms with E-state index >= 15 is 0 Å². The Morgan fingerprint density at radius 3 is 2.40 bits per heavy atom. The molecular weight excluding hydrogens is 244 g/mol. The molecule has 0 unspecified atom stereocenters. The molecule has 2 aromatic rings. The number of benzene rings is 2. The average Bonchev–Trinajstić information content (AvgIpc) is 2.43. The first-order valence-electron chi connectivity index (χ1n) is 6.70. The summed E-state index contributed by atoms with van der Waals surface area (Å²) in [7, 11) is 0. The fourth-order valence-electron chi connectivity index (χ4n) is 2.07. The maximum absolute atomic E-state index is 4.61. The molecule has 2 rings (SSSR count). The van der Waals surface area contributed by atoms with Crippen LogP contribution in [0.4, 0.5) is 5.69 Å². The van der Waals surface area contributed by atoms with E-state index in [1.807, 2.05) is 43.3 Å². The summed E-state index contributed by atoms with van der Waals surface area (Å²) in [5.74, 6) is 0.839. The summed E-state index contributed by atoms with van der Waals surface area (Å²) in [5.41, 5.74) is 5.35. The third-order valence-corrected chi connectivity index (χ3v) is 3.09. The molecule has 102 valence electrons. The van der Waals surface area contributed by atoms with Crippen molar-refractivity contribution in [2.45, 2.75) is 20.8 Å². The van der Waals surface area contributed by atoms with Gasteiger partial charge in [-0.05, 0) is 38.0 Å². The van der Waals surface area contributed by atoms with Crippen LogP contribution in [-0.2, 0) is 0 Å². The lowest BCUT2D eigenvalue weighted by atomic mass is 10.1. The van der Waals surface area contributed by atoms with Gasteiger partial charge < -0.3 is 5.32 Å². The standard InChI is InChI=1S/C18H20N2/c1-13-10-11-18(14(2)12-13)20-16(4)19-15(3)17-8-6-5-7-9-17/h5-12H,3H2,1-2,4H3,(H,19,20). The van der Waals surface area contributed by atoms with E-state index in [4.69, 9.17) is 0 Å². The van der Waals surface area contributed by atoms with Gasteiger partial charge in [-0.15, -0.1) is 0 Å². The number of hydrogen-bond donors (Lipinski definition) is 1. The highest BCUT2D eigenvalue weighted by Crippen LogP contribution is 2.19. The van der Waals surface area contributed by atoms with Gasteiger partial charge in [0.2, 0.25) is 0 Å². The number of hydrogen-bond acceptors (Lipinski definition) is 1. The van der Waals surface area contributed by atoms with Crippen molar-refractivity contribution < 1.29 is 0 Å². The van der Waals surface area contributed by atoms with Crippen molar-refractivity contribution in [2.75, 3.05) is 0 Å². The highest BCUT2D eigenvalue weighted by Gasteiger charge is 2.01. The molecule has 0 heterocycles. The van der Waals surface area contributed by atoms with E-state index in [9.17, 15) is 0 Å². The molecule has 2 nitrogen and oxygen atoms in total. The topological polar surface area (TPSA) is 24.4 Å². The zero-order valence-electron chi connectivity index (χ0n) is 12.3. The van der Waals surface area contributed by atoms with Gasteiger partial charge in [0.05, 0.1) is 5.69 Å². The monoisotopic (exact) mass is 264 g/mol. The average molecular weight is 264 g/mol. The quantitative estimate of drug-likeness (QED) is 0.635. The van der Waals surface area contributed by atoms with Crippen LogP contribution in [0.5, 0.6) is 0 Å². The van der Waals surface area contributed by atoms with Crippen LogP contribution in [0.2, 0.25) is 0 Å². The van der Waals surface area contributed by atoms with Gasteiger partial charge in [-0.2, -0.15) is 0 Å². The Bertz CT molecular complexity index is 640. The molecule has 0 radical (unpaired) electrons. The third kappa shape index (κ3) is 3.58. The minimum Gasteiger partial charge on any atom is -0.344 e. The number of nitrogens with zero attached hydrogens (tertiary/aromatic N) is 1. The Morgan fingerprint density at radius 2 is 1.75 bits per heavy atom. The summed E-state index contributed by atoms with van der Waals surface area (Å²) >= 11 is 0. The molecule has 0 aliphatic carbocycles. The second-order valence-corrected chi connectivity index (χ2v) is 4.96. The largest absolute Gasteiger partial charge is 0.344 e. The molecule has 0 saturated carbocycles. The van der Waals surface area contributed by atoms with Crippen LogP contribution >= 0.6 is 0 Å². The number of rotatable bonds is 3. The molecule has 0 aliphatic rings. The van der Waals surface area contributed by atoms with Crippen molar-refractivity contribution in [1.82, 2.24) is 5.32 Å². The van der Waals surface area contributed by atoms with E-state index in [1.165, 1.54) is 11.1 Å². The van der Waals surface area contributed by atoms with Crippen LogP contribution in [0.25, 0.3) is 5.70 Å². The van der Waals surface area contributed by atoms with E-state index in [-0.39, 0.29) is 0 Å². The van der Waals surface area contributed by atoms with Gasteiger partial charge in [0.15, 0.2) is 0 Å². The van der Waals surface area contributed by atoms with Gasteiger partial charge in [-0.3, -0.25) is 0 Å². The molecule has 1 N–H and O–H groups in total. The predicted molar refractivity (Wildman–Crippen MR) is 87.3 cm³/mol. The van der Waals surface area contributed by atoms with Crippen LogP contribution in [0.3, 0.4) is 0 Å². The minimum atomic E-state index is 0.839. The third-order valence-electron chi connectivity index (χ3n) is 3.09. The molecule has 2 aromatic carbocycles. The first-order valence-corrected chi connectivity index (χ1v) is 6.70. The molecule has 0 saturated heterocycles. The van der Waals surface area contributed by atoms with Crippen molar-refractivity contribution in [3.8, 4) is 0 Å². The Balaban J connectivity index is 2.13. The molecule has 20 heavy (non-hydrogen) atoms. The van der Waals surface area contributed by atoms with E-state index < -0.39 is 0 Å². The second kappa shape index (κ2) is 6.20. The van der Waals surface area contributed by atoms with E-state index in [1.54, 1.807) is 0 Å². The van der Waals surface area contributed by atoms with E-state index in [0.717, 1.165) is 22.8 Å². The summed E-state index contributed by atoms with van der Waals surface area (Å²) in [5, 5.41) is 3.24. The highest BCUT2D eigenvalue weighted by atomic mass is 15.0. The van der Waals surface area contributed by atoms with Crippen LogP contribution in [-0.4, -0.2) is 5.84 Å². The first-order chi connectivity index (χ1) is 9.56. The van der Waals surface area contributed by atoms with Gasteiger partial charge in [-0.1, -0.05) is 54.6 Å². The van der Waals surface area contributed by atoms with E-state index in [2.05, 4.69) is 42.9 Å². The molecule has 2 heteroatoms. The Labute approximate surface area is 120 Å². The molecule has 0 atom stereocenters. The lowest BCUT2D eigenvalue weighted by molar-refractivity contribution is 1.24. The van der Waals surface area contributed by atoms with Gasteiger partial charge in [-0.25, -0.2) is 4.99 Å². The Kier molecular flexibility index (Phi) is 4.36. The fraction of sp³-hybridized carbons (Fsp3) is 0.167. The fourth-order valence-corrected chi connectivity index (χ4v) is 2.07. The molecular formula is C18H20N2. The molecule has 0 bridgehead atoms. The lowest BCUT2D eigenvalue weighted by Gasteiger charge is -2.10. The minimum absolute atomic E-state index is 0.839. The Hall–Kier alpha value is -2.35. The first kappa shape index (κ1) is 14.1. The van der Waals surface area contributed by atoms with Gasteiger partial charge in [0.25, 0.3) is 0 Å². The van der Waals surface area contributed by atoms with Crippen LogP contribution in [0.15, 0.2) is 60.1 Å². The summed E-state index contributed by atoms with van der Waals surface area (Å²) in [6, 6.07) is 16.3. The number of amidine groups is 1. The van der Waals surface area contributed by atoms with Crippen molar-refractivity contribution in [2.24, 2.45) is 4.99 Å². The predicted octanol–water partition coefficient (Wildman–Crippen LogP) is 4.61. The highest BCUT2D eigenvalue weighted by molar-refractivity contribution is 5.90. The zero-order valence-corrected chi connectivity index (χ0v) is 12.3. The summed E-state index contributed by atoms with van der Waals surface area (Å²) in [6.45, 7) is 10.2. The normalized spacial score (nSPS) is 11.2. The lowest BCUT2D eigenvalue weighted by Crippen LogP contribution is -2.17.